The second-order valence-corrected chi connectivity index (χ2v) is 14.2. The number of benzene rings is 2. The van der Waals surface area contributed by atoms with Crippen LogP contribution < -0.4 is 9.04 Å². The van der Waals surface area contributed by atoms with Gasteiger partial charge in [0.2, 0.25) is 5.91 Å². The van der Waals surface area contributed by atoms with Crippen molar-refractivity contribution in [1.29, 1.82) is 5.26 Å². The number of rotatable bonds is 8. The Bertz CT molecular complexity index is 1840. The number of pyridine rings is 1. The number of likely N-dealkylation sites (tertiary alicyclic amines) is 2. The molecule has 0 spiro atoms. The molecular weight excluding hydrogens is 628 g/mol. The standard InChI is InChI=1S/C33H35ClN6O5S/c1-37(2)31(41)28-7-6-16-39(28)33(25-11-8-23(18-29(25)45-3)21-38-14-4-5-15-38)26-17-22(19-35)9-12-27(26)40(32(33)42)46(43,44)30-13-10-24(34)20-36-30/h8-13,17-18,20,28H,4-7,14-16,21H2,1-3H3/t28-,33?/m0/s1. The first-order valence-corrected chi connectivity index (χ1v) is 17.0. The van der Waals surface area contributed by atoms with Crippen molar-refractivity contribution in [3.05, 3.63) is 82.0 Å². The molecule has 2 amide bonds. The molecule has 46 heavy (non-hydrogen) atoms. The molecule has 11 nitrogen and oxygen atoms in total. The number of aromatic nitrogens is 1. The Morgan fingerprint density at radius 2 is 1.85 bits per heavy atom. The summed E-state index contributed by atoms with van der Waals surface area (Å²) in [7, 11) is 0.235. The zero-order valence-electron chi connectivity index (χ0n) is 25.9. The number of fused-ring (bicyclic) bond motifs is 1. The Hall–Kier alpha value is -4.02. The predicted octanol–water partition coefficient (Wildman–Crippen LogP) is 3.74. The van der Waals surface area contributed by atoms with Crippen LogP contribution in [0.15, 0.2) is 59.8 Å². The lowest BCUT2D eigenvalue weighted by Gasteiger charge is -2.42. The van der Waals surface area contributed by atoms with Crippen LogP contribution in [0.25, 0.3) is 0 Å². The largest absolute Gasteiger partial charge is 0.496 e. The molecule has 0 N–H and O–H groups in total. The van der Waals surface area contributed by atoms with Gasteiger partial charge in [0.15, 0.2) is 10.6 Å². The highest BCUT2D eigenvalue weighted by atomic mass is 35.5. The van der Waals surface area contributed by atoms with Crippen molar-refractivity contribution in [1.82, 2.24) is 19.7 Å². The smallest absolute Gasteiger partial charge is 0.288 e. The number of hydrogen-bond acceptors (Lipinski definition) is 9. The van der Waals surface area contributed by atoms with Crippen LogP contribution in [0, 0.1) is 11.3 Å². The zero-order valence-corrected chi connectivity index (χ0v) is 27.5. The normalized spacial score (nSPS) is 21.8. The average molecular weight is 663 g/mol. The molecule has 1 aromatic heterocycles. The van der Waals surface area contributed by atoms with Crippen molar-refractivity contribution in [2.75, 3.05) is 45.1 Å². The number of ether oxygens (including phenoxy) is 1. The van der Waals surface area contributed by atoms with Gasteiger partial charge in [0.05, 0.1) is 35.5 Å². The Morgan fingerprint density at radius 3 is 2.50 bits per heavy atom. The molecule has 2 aromatic carbocycles. The SMILES string of the molecule is COc1cc(CN2CCCC2)ccc1C1(N2CCC[C@H]2C(=O)N(C)C)C(=O)N(S(=O)(=O)c2ccc(Cl)cn2)c2ccc(C#N)cc21. The number of hydrogen-bond donors (Lipinski definition) is 0. The van der Waals surface area contributed by atoms with E-state index in [9.17, 15) is 18.5 Å². The topological polar surface area (TPSA) is 127 Å². The van der Waals surface area contributed by atoms with Crippen molar-refractivity contribution in [2.24, 2.45) is 0 Å². The van der Waals surface area contributed by atoms with Gasteiger partial charge < -0.3 is 9.64 Å². The predicted molar refractivity (Wildman–Crippen MR) is 172 cm³/mol. The molecule has 240 valence electrons. The summed E-state index contributed by atoms with van der Waals surface area (Å²) in [5.41, 5.74) is 0.128. The Morgan fingerprint density at radius 1 is 1.09 bits per heavy atom. The lowest BCUT2D eigenvalue weighted by molar-refractivity contribution is -0.138. The van der Waals surface area contributed by atoms with Gasteiger partial charge in [0.25, 0.3) is 15.9 Å². The maximum Gasteiger partial charge on any atom is 0.288 e. The van der Waals surface area contributed by atoms with Gasteiger partial charge in [-0.15, -0.1) is 0 Å². The van der Waals surface area contributed by atoms with Crippen LogP contribution in [-0.2, 0) is 31.7 Å². The maximum atomic E-state index is 15.3. The molecule has 3 aliphatic heterocycles. The van der Waals surface area contributed by atoms with E-state index in [4.69, 9.17) is 16.3 Å². The van der Waals surface area contributed by atoms with E-state index in [1.54, 1.807) is 31.1 Å². The molecule has 6 rings (SSSR count). The van der Waals surface area contributed by atoms with Crippen LogP contribution >= 0.6 is 11.6 Å². The van der Waals surface area contributed by atoms with Crippen molar-refractivity contribution in [3.8, 4) is 11.8 Å². The summed E-state index contributed by atoms with van der Waals surface area (Å²) < 4.78 is 35.4. The minimum absolute atomic E-state index is 0.0758. The number of carbonyl (C=O) groups is 2. The number of methoxy groups -OCH3 is 1. The van der Waals surface area contributed by atoms with Crippen LogP contribution in [-0.4, -0.2) is 86.8 Å². The first-order chi connectivity index (χ1) is 22.0. The van der Waals surface area contributed by atoms with E-state index in [1.165, 1.54) is 42.5 Å². The minimum atomic E-state index is -4.58. The molecule has 13 heteroatoms. The van der Waals surface area contributed by atoms with E-state index in [0.717, 1.165) is 35.8 Å². The fourth-order valence-corrected chi connectivity index (χ4v) is 8.53. The van der Waals surface area contributed by atoms with Crippen LogP contribution in [0.3, 0.4) is 0 Å². The highest BCUT2D eigenvalue weighted by Crippen LogP contribution is 2.54. The van der Waals surface area contributed by atoms with Gasteiger partial charge in [0, 0.05) is 44.5 Å². The zero-order chi connectivity index (χ0) is 32.8. The molecule has 3 aromatic rings. The third-order valence-corrected chi connectivity index (χ3v) is 10.9. The third-order valence-electron chi connectivity index (χ3n) is 9.10. The molecular formula is C33H35ClN6O5S. The van der Waals surface area contributed by atoms with Crippen LogP contribution in [0.5, 0.6) is 5.75 Å². The summed E-state index contributed by atoms with van der Waals surface area (Å²) >= 11 is 6.02. The number of halogens is 1. The number of nitrogens with zero attached hydrogens (tertiary/aromatic N) is 6. The molecule has 2 atom stereocenters. The summed E-state index contributed by atoms with van der Waals surface area (Å²) in [6.07, 6.45) is 4.52. The summed E-state index contributed by atoms with van der Waals surface area (Å²) in [5, 5.41) is 9.83. The first kappa shape index (κ1) is 31.9. The Balaban J connectivity index is 1.63. The fourth-order valence-electron chi connectivity index (χ4n) is 7.04. The number of carbonyl (C=O) groups excluding carboxylic acids is 2. The number of nitriles is 1. The van der Waals surface area contributed by atoms with E-state index in [0.29, 0.717) is 37.2 Å². The summed E-state index contributed by atoms with van der Waals surface area (Å²) in [6, 6.07) is 14.1. The summed E-state index contributed by atoms with van der Waals surface area (Å²) in [4.78, 5) is 38.7. The van der Waals surface area contributed by atoms with Crippen molar-refractivity contribution < 1.29 is 22.7 Å². The summed E-state index contributed by atoms with van der Waals surface area (Å²) in [6.45, 7) is 2.99. The molecule has 4 heterocycles. The van der Waals surface area contributed by atoms with E-state index in [2.05, 4.69) is 16.0 Å². The third kappa shape index (κ3) is 5.11. The van der Waals surface area contributed by atoms with E-state index >= 15 is 4.79 Å². The maximum absolute atomic E-state index is 15.3. The minimum Gasteiger partial charge on any atom is -0.496 e. The monoisotopic (exact) mass is 662 g/mol. The number of anilines is 1. The quantitative estimate of drug-likeness (QED) is 0.354. The lowest BCUT2D eigenvalue weighted by atomic mass is 9.80. The van der Waals surface area contributed by atoms with Crippen molar-refractivity contribution in [2.45, 2.75) is 48.8 Å². The second-order valence-electron chi connectivity index (χ2n) is 12.0. The van der Waals surface area contributed by atoms with Gasteiger partial charge in [-0.3, -0.25) is 19.4 Å². The molecule has 0 saturated carbocycles. The van der Waals surface area contributed by atoms with E-state index in [-0.39, 0.29) is 32.8 Å². The Labute approximate surface area is 274 Å². The second kappa shape index (κ2) is 12.3. The van der Waals surface area contributed by atoms with Crippen LogP contribution in [0.1, 0.15) is 47.9 Å². The average Bonchev–Trinajstić information content (AvgIpc) is 3.79. The Kier molecular flexibility index (Phi) is 8.54. The number of likely N-dealkylation sites (N-methyl/N-ethyl adjacent to an activating group) is 1. The molecule has 2 saturated heterocycles. The molecule has 0 bridgehead atoms. The number of sulfonamides is 1. The molecule has 1 unspecified atom stereocenters. The molecule has 3 aliphatic rings. The highest BCUT2D eigenvalue weighted by Gasteiger charge is 2.63. The lowest BCUT2D eigenvalue weighted by Crippen LogP contribution is -2.59. The van der Waals surface area contributed by atoms with Gasteiger partial charge in [-0.05, 0) is 80.7 Å². The van der Waals surface area contributed by atoms with Gasteiger partial charge in [-0.2, -0.15) is 18.0 Å². The van der Waals surface area contributed by atoms with Gasteiger partial charge in [-0.25, -0.2) is 4.98 Å². The van der Waals surface area contributed by atoms with Gasteiger partial charge in [0.1, 0.15) is 5.75 Å². The van der Waals surface area contributed by atoms with E-state index < -0.39 is 27.5 Å². The van der Waals surface area contributed by atoms with Gasteiger partial charge >= 0.3 is 0 Å². The molecule has 2 fully saturated rings. The van der Waals surface area contributed by atoms with Crippen molar-refractivity contribution >= 4 is 39.1 Å². The molecule has 0 radical (unpaired) electrons. The summed E-state index contributed by atoms with van der Waals surface area (Å²) in [5.74, 6) is -0.642. The fraction of sp³-hybridized carbons (Fsp3) is 0.394. The first-order valence-electron chi connectivity index (χ1n) is 15.2. The van der Waals surface area contributed by atoms with Crippen LogP contribution in [0.4, 0.5) is 5.69 Å². The van der Waals surface area contributed by atoms with Crippen LogP contribution in [0.2, 0.25) is 5.02 Å². The number of amides is 2. The van der Waals surface area contributed by atoms with E-state index in [1.807, 2.05) is 12.1 Å². The van der Waals surface area contributed by atoms with Crippen molar-refractivity contribution in [3.63, 3.8) is 0 Å². The molecule has 0 aliphatic carbocycles. The van der Waals surface area contributed by atoms with Gasteiger partial charge in [-0.1, -0.05) is 23.7 Å². The highest BCUT2D eigenvalue weighted by molar-refractivity contribution is 7.93.